The average molecular weight is 274 g/mol. The highest BCUT2D eigenvalue weighted by Crippen LogP contribution is 2.24. The maximum absolute atomic E-state index is 12.3. The molecule has 0 aliphatic rings. The molecule has 0 bridgehead atoms. The molecule has 7 nitrogen and oxygen atoms in total. The van der Waals surface area contributed by atoms with E-state index < -0.39 is 5.41 Å². The molecule has 0 radical (unpaired) electrons. The quantitative estimate of drug-likeness (QED) is 0.758. The van der Waals surface area contributed by atoms with Gasteiger partial charge in [-0.1, -0.05) is 19.1 Å². The number of H-pyrrole nitrogens is 1. The fourth-order valence-corrected chi connectivity index (χ4v) is 1.70. The van der Waals surface area contributed by atoms with Crippen molar-refractivity contribution in [2.45, 2.75) is 20.3 Å². The number of benzene rings is 1. The molecule has 1 aromatic carbocycles. The minimum absolute atomic E-state index is 0.0900. The van der Waals surface area contributed by atoms with Gasteiger partial charge in [0.1, 0.15) is 0 Å². The molecule has 7 heteroatoms. The lowest BCUT2D eigenvalue weighted by molar-refractivity contribution is -0.124. The van der Waals surface area contributed by atoms with Crippen LogP contribution in [0.2, 0.25) is 0 Å². The molecule has 0 aliphatic carbocycles. The van der Waals surface area contributed by atoms with Gasteiger partial charge >= 0.3 is 0 Å². The van der Waals surface area contributed by atoms with Crippen LogP contribution in [0, 0.1) is 5.41 Å². The van der Waals surface area contributed by atoms with E-state index in [1.165, 1.54) is 0 Å². The van der Waals surface area contributed by atoms with Gasteiger partial charge in [0, 0.05) is 17.8 Å². The lowest BCUT2D eigenvalue weighted by Gasteiger charge is -2.25. The molecule has 2 rings (SSSR count). The summed E-state index contributed by atoms with van der Waals surface area (Å²) in [5, 5.41) is 16.6. The summed E-state index contributed by atoms with van der Waals surface area (Å²) in [5.74, 6) is 0.394. The number of anilines is 1. The Morgan fingerprint density at radius 2 is 2.30 bits per heavy atom. The van der Waals surface area contributed by atoms with Crippen molar-refractivity contribution in [3.63, 3.8) is 0 Å². The Morgan fingerprint density at radius 1 is 1.50 bits per heavy atom. The number of nitrogens with one attached hydrogen (secondary N) is 2. The molecule has 1 unspecified atom stereocenters. The standard InChI is InChI=1S/C13H18N6O/c1-3-13(2,8-14)12(20)15-10-6-4-5-9(7-10)11-16-18-19-17-11/h4-7H,3,8,14H2,1-2H3,(H,15,20)(H,16,17,18,19). The van der Waals surface area contributed by atoms with Crippen LogP contribution in [0.3, 0.4) is 0 Å². The van der Waals surface area contributed by atoms with Crippen molar-refractivity contribution in [3.8, 4) is 11.4 Å². The number of nitrogens with zero attached hydrogens (tertiary/aromatic N) is 3. The predicted octanol–water partition coefficient (Wildman–Crippen LogP) is 1.18. The molecule has 20 heavy (non-hydrogen) atoms. The second-order valence-corrected chi connectivity index (χ2v) is 4.89. The molecule has 0 saturated heterocycles. The van der Waals surface area contributed by atoms with E-state index in [0.717, 1.165) is 5.56 Å². The van der Waals surface area contributed by atoms with E-state index in [-0.39, 0.29) is 5.91 Å². The van der Waals surface area contributed by atoms with Gasteiger partial charge in [-0.25, -0.2) is 0 Å². The number of tetrazole rings is 1. The third kappa shape index (κ3) is 2.83. The predicted molar refractivity (Wildman–Crippen MR) is 75.7 cm³/mol. The van der Waals surface area contributed by atoms with Crippen LogP contribution in [0.5, 0.6) is 0 Å². The summed E-state index contributed by atoms with van der Waals surface area (Å²) in [4.78, 5) is 12.3. The molecule has 4 N–H and O–H groups in total. The molecule has 1 atom stereocenters. The lowest BCUT2D eigenvalue weighted by atomic mass is 9.86. The van der Waals surface area contributed by atoms with Gasteiger partial charge in [0.25, 0.3) is 0 Å². The number of hydrogen-bond donors (Lipinski definition) is 3. The highest BCUT2D eigenvalue weighted by atomic mass is 16.2. The van der Waals surface area contributed by atoms with Crippen molar-refractivity contribution in [2.24, 2.45) is 11.1 Å². The summed E-state index contributed by atoms with van der Waals surface area (Å²) in [7, 11) is 0. The highest BCUT2D eigenvalue weighted by Gasteiger charge is 2.29. The number of aromatic nitrogens is 4. The van der Waals surface area contributed by atoms with Crippen molar-refractivity contribution in [1.29, 1.82) is 0 Å². The zero-order chi connectivity index (χ0) is 14.6. The third-order valence-corrected chi connectivity index (χ3v) is 3.50. The second kappa shape index (κ2) is 5.79. The molecular weight excluding hydrogens is 256 g/mol. The normalized spacial score (nSPS) is 13.8. The van der Waals surface area contributed by atoms with Gasteiger partial charge in [-0.3, -0.25) is 4.79 Å². The second-order valence-electron chi connectivity index (χ2n) is 4.89. The molecule has 0 aliphatic heterocycles. The zero-order valence-electron chi connectivity index (χ0n) is 11.6. The SMILES string of the molecule is CCC(C)(CN)C(=O)Nc1cccc(-c2nn[nH]n2)c1. The zero-order valence-corrected chi connectivity index (χ0v) is 11.6. The Labute approximate surface area is 117 Å². The van der Waals surface area contributed by atoms with Gasteiger partial charge in [0.15, 0.2) is 0 Å². The number of aromatic amines is 1. The first kappa shape index (κ1) is 14.1. The molecular formula is C13H18N6O. The van der Waals surface area contributed by atoms with E-state index in [2.05, 4.69) is 25.9 Å². The molecule has 1 heterocycles. The summed E-state index contributed by atoms with van der Waals surface area (Å²) in [5.41, 5.74) is 6.58. The van der Waals surface area contributed by atoms with Gasteiger partial charge in [-0.2, -0.15) is 5.21 Å². The van der Waals surface area contributed by atoms with Crippen molar-refractivity contribution in [1.82, 2.24) is 20.6 Å². The third-order valence-electron chi connectivity index (χ3n) is 3.50. The molecule has 0 saturated carbocycles. The number of rotatable bonds is 5. The number of nitrogens with two attached hydrogens (primary N) is 1. The van der Waals surface area contributed by atoms with Gasteiger partial charge in [0.2, 0.25) is 11.7 Å². The van der Waals surface area contributed by atoms with Crippen molar-refractivity contribution in [3.05, 3.63) is 24.3 Å². The first-order valence-corrected chi connectivity index (χ1v) is 6.44. The maximum atomic E-state index is 12.3. The average Bonchev–Trinajstić information content (AvgIpc) is 3.01. The number of carbonyl (C=O) groups is 1. The van der Waals surface area contributed by atoms with Gasteiger partial charge in [0.05, 0.1) is 5.41 Å². The molecule has 0 fully saturated rings. The summed E-state index contributed by atoms with van der Waals surface area (Å²) in [6.07, 6.45) is 0.680. The summed E-state index contributed by atoms with van der Waals surface area (Å²) in [6, 6.07) is 7.29. The van der Waals surface area contributed by atoms with Crippen LogP contribution in [-0.2, 0) is 4.79 Å². The largest absolute Gasteiger partial charge is 0.329 e. The van der Waals surface area contributed by atoms with Crippen LogP contribution in [0.4, 0.5) is 5.69 Å². The van der Waals surface area contributed by atoms with Crippen LogP contribution < -0.4 is 11.1 Å². The Balaban J connectivity index is 2.19. The summed E-state index contributed by atoms with van der Waals surface area (Å²) >= 11 is 0. The monoisotopic (exact) mass is 274 g/mol. The molecule has 106 valence electrons. The van der Waals surface area contributed by atoms with Crippen LogP contribution >= 0.6 is 0 Å². The fourth-order valence-electron chi connectivity index (χ4n) is 1.70. The number of carbonyl (C=O) groups excluding carboxylic acids is 1. The van der Waals surface area contributed by atoms with Gasteiger partial charge in [-0.05, 0) is 30.7 Å². The highest BCUT2D eigenvalue weighted by molar-refractivity contribution is 5.95. The summed E-state index contributed by atoms with van der Waals surface area (Å²) < 4.78 is 0. The summed E-state index contributed by atoms with van der Waals surface area (Å²) in [6.45, 7) is 4.10. The van der Waals surface area contributed by atoms with Gasteiger partial charge < -0.3 is 11.1 Å². The topological polar surface area (TPSA) is 110 Å². The van der Waals surface area contributed by atoms with E-state index in [0.29, 0.717) is 24.5 Å². The fraction of sp³-hybridized carbons (Fsp3) is 0.385. The van der Waals surface area contributed by atoms with Crippen molar-refractivity contribution >= 4 is 11.6 Å². The smallest absolute Gasteiger partial charge is 0.231 e. The molecule has 1 aromatic heterocycles. The van der Waals surface area contributed by atoms with Crippen LogP contribution in [0.15, 0.2) is 24.3 Å². The van der Waals surface area contributed by atoms with E-state index in [4.69, 9.17) is 5.73 Å². The molecule has 1 amide bonds. The van der Waals surface area contributed by atoms with Crippen molar-refractivity contribution < 1.29 is 4.79 Å². The molecule has 2 aromatic rings. The Kier molecular flexibility index (Phi) is 4.09. The number of amides is 1. The lowest BCUT2D eigenvalue weighted by Crippen LogP contribution is -2.39. The Hall–Kier alpha value is -2.28. The Bertz CT molecular complexity index is 576. The van der Waals surface area contributed by atoms with E-state index in [1.54, 1.807) is 6.07 Å². The van der Waals surface area contributed by atoms with Crippen LogP contribution in [-0.4, -0.2) is 33.1 Å². The van der Waals surface area contributed by atoms with E-state index >= 15 is 0 Å². The Morgan fingerprint density at radius 3 is 2.90 bits per heavy atom. The van der Waals surface area contributed by atoms with Crippen LogP contribution in [0.25, 0.3) is 11.4 Å². The van der Waals surface area contributed by atoms with Crippen molar-refractivity contribution in [2.75, 3.05) is 11.9 Å². The van der Waals surface area contributed by atoms with E-state index in [9.17, 15) is 4.79 Å². The minimum Gasteiger partial charge on any atom is -0.329 e. The number of hydrogen-bond acceptors (Lipinski definition) is 5. The maximum Gasteiger partial charge on any atom is 0.231 e. The van der Waals surface area contributed by atoms with Gasteiger partial charge in [-0.15, -0.1) is 10.2 Å². The first-order chi connectivity index (χ1) is 9.59. The van der Waals surface area contributed by atoms with Crippen LogP contribution in [0.1, 0.15) is 20.3 Å². The first-order valence-electron chi connectivity index (χ1n) is 6.44. The molecule has 0 spiro atoms. The minimum atomic E-state index is -0.567. The van der Waals surface area contributed by atoms with E-state index in [1.807, 2.05) is 32.0 Å².